The van der Waals surface area contributed by atoms with Gasteiger partial charge in [0.25, 0.3) is 5.91 Å². The summed E-state index contributed by atoms with van der Waals surface area (Å²) < 4.78 is 5.35. The Morgan fingerprint density at radius 3 is 2.57 bits per heavy atom. The van der Waals surface area contributed by atoms with Gasteiger partial charge in [0.05, 0.1) is 18.4 Å². The normalized spacial score (nSPS) is 16.2. The molecule has 0 aliphatic heterocycles. The molecule has 0 radical (unpaired) electrons. The third-order valence-corrected chi connectivity index (χ3v) is 6.17. The first-order valence-electron chi connectivity index (χ1n) is 9.61. The van der Waals surface area contributed by atoms with E-state index in [9.17, 15) is 9.59 Å². The van der Waals surface area contributed by atoms with Gasteiger partial charge in [0.1, 0.15) is 10.8 Å². The summed E-state index contributed by atoms with van der Waals surface area (Å²) in [5.74, 6) is 0.891. The van der Waals surface area contributed by atoms with Crippen molar-refractivity contribution in [2.45, 2.75) is 47.0 Å². The van der Waals surface area contributed by atoms with Crippen molar-refractivity contribution in [2.75, 3.05) is 17.7 Å². The Balaban J connectivity index is 1.98. The van der Waals surface area contributed by atoms with Crippen LogP contribution in [-0.4, -0.2) is 18.9 Å². The second-order valence-electron chi connectivity index (χ2n) is 8.41. The Morgan fingerprint density at radius 1 is 1.18 bits per heavy atom. The van der Waals surface area contributed by atoms with E-state index in [4.69, 9.17) is 4.74 Å². The minimum atomic E-state index is -0.534. The smallest absolute Gasteiger partial charge is 0.259 e. The average Bonchev–Trinajstić information content (AvgIpc) is 2.98. The first-order valence-corrected chi connectivity index (χ1v) is 10.4. The molecule has 0 spiro atoms. The van der Waals surface area contributed by atoms with Crippen LogP contribution in [0.4, 0.5) is 10.7 Å². The molecule has 0 saturated carbocycles. The lowest BCUT2D eigenvalue weighted by Gasteiger charge is -2.19. The van der Waals surface area contributed by atoms with Crippen molar-refractivity contribution >= 4 is 33.8 Å². The molecule has 3 rings (SSSR count). The van der Waals surface area contributed by atoms with Crippen LogP contribution in [0, 0.1) is 11.3 Å². The quantitative estimate of drug-likeness (QED) is 0.749. The summed E-state index contributed by atoms with van der Waals surface area (Å²) in [5.41, 5.74) is 1.75. The SMILES string of the molecule is COc1ccccc1NC(=O)c1c(NC(=O)C(C)(C)C)sc2c1CCC(C)C2. The lowest BCUT2D eigenvalue weighted by Crippen LogP contribution is -2.28. The van der Waals surface area contributed by atoms with Gasteiger partial charge in [-0.1, -0.05) is 39.8 Å². The fourth-order valence-corrected chi connectivity index (χ4v) is 4.71. The molecule has 1 atom stereocenters. The molecule has 1 aromatic heterocycles. The molecule has 1 heterocycles. The maximum absolute atomic E-state index is 13.2. The van der Waals surface area contributed by atoms with Gasteiger partial charge in [0, 0.05) is 10.3 Å². The van der Waals surface area contributed by atoms with E-state index < -0.39 is 5.41 Å². The monoisotopic (exact) mass is 400 g/mol. The topological polar surface area (TPSA) is 67.4 Å². The van der Waals surface area contributed by atoms with E-state index in [1.165, 1.54) is 16.2 Å². The molecule has 2 amide bonds. The molecule has 5 nitrogen and oxygen atoms in total. The van der Waals surface area contributed by atoms with Crippen LogP contribution >= 0.6 is 11.3 Å². The summed E-state index contributed by atoms with van der Waals surface area (Å²) in [6, 6.07) is 7.33. The maximum Gasteiger partial charge on any atom is 0.259 e. The zero-order chi connectivity index (χ0) is 20.5. The highest BCUT2D eigenvalue weighted by Gasteiger charge is 2.30. The summed E-state index contributed by atoms with van der Waals surface area (Å²) in [7, 11) is 1.58. The van der Waals surface area contributed by atoms with Gasteiger partial charge in [-0.25, -0.2) is 0 Å². The molecule has 1 aliphatic rings. The number of benzene rings is 1. The second-order valence-corrected chi connectivity index (χ2v) is 9.52. The molecule has 1 aromatic carbocycles. The standard InChI is InChI=1S/C22H28N2O3S/c1-13-10-11-14-17(12-13)28-20(24-21(26)22(2,3)4)18(14)19(25)23-15-8-6-7-9-16(15)27-5/h6-9,13H,10-12H2,1-5H3,(H,23,25)(H,24,26). The van der Waals surface area contributed by atoms with Crippen LogP contribution in [0.15, 0.2) is 24.3 Å². The number of anilines is 2. The van der Waals surface area contributed by atoms with E-state index in [1.54, 1.807) is 7.11 Å². The van der Waals surface area contributed by atoms with Gasteiger partial charge in [0.2, 0.25) is 5.91 Å². The number of hydrogen-bond donors (Lipinski definition) is 2. The molecule has 2 aromatic rings. The number of para-hydroxylation sites is 2. The van der Waals surface area contributed by atoms with Crippen LogP contribution in [0.3, 0.4) is 0 Å². The van der Waals surface area contributed by atoms with Crippen molar-refractivity contribution in [1.82, 2.24) is 0 Å². The summed E-state index contributed by atoms with van der Waals surface area (Å²) in [4.78, 5) is 27.0. The van der Waals surface area contributed by atoms with Crippen molar-refractivity contribution in [3.8, 4) is 5.75 Å². The van der Waals surface area contributed by atoms with Crippen LogP contribution in [0.2, 0.25) is 0 Å². The van der Waals surface area contributed by atoms with Gasteiger partial charge in [-0.05, 0) is 42.9 Å². The molecule has 0 bridgehead atoms. The first kappa shape index (κ1) is 20.4. The number of amides is 2. The number of rotatable bonds is 4. The molecular weight excluding hydrogens is 372 g/mol. The van der Waals surface area contributed by atoms with Crippen molar-refractivity contribution in [3.05, 3.63) is 40.3 Å². The fourth-order valence-electron chi connectivity index (χ4n) is 3.30. The van der Waals surface area contributed by atoms with Gasteiger partial charge in [-0.15, -0.1) is 11.3 Å². The second kappa shape index (κ2) is 7.95. The Hall–Kier alpha value is -2.34. The van der Waals surface area contributed by atoms with E-state index >= 15 is 0 Å². The molecular formula is C22H28N2O3S. The molecule has 0 fully saturated rings. The van der Waals surface area contributed by atoms with Gasteiger partial charge in [-0.2, -0.15) is 0 Å². The molecule has 1 unspecified atom stereocenters. The molecule has 1 aliphatic carbocycles. The van der Waals surface area contributed by atoms with E-state index in [1.807, 2.05) is 45.0 Å². The van der Waals surface area contributed by atoms with Gasteiger partial charge < -0.3 is 15.4 Å². The number of nitrogens with one attached hydrogen (secondary N) is 2. The summed E-state index contributed by atoms with van der Waals surface area (Å²) in [6.45, 7) is 7.83. The molecule has 2 N–H and O–H groups in total. The maximum atomic E-state index is 13.2. The van der Waals surface area contributed by atoms with Crippen molar-refractivity contribution in [3.63, 3.8) is 0 Å². The highest BCUT2D eigenvalue weighted by Crippen LogP contribution is 2.41. The Labute approximate surface area is 170 Å². The molecule has 28 heavy (non-hydrogen) atoms. The molecule has 150 valence electrons. The number of carbonyl (C=O) groups excluding carboxylic acids is 2. The number of fused-ring (bicyclic) bond motifs is 1. The molecule has 6 heteroatoms. The fraction of sp³-hybridized carbons (Fsp3) is 0.455. The van der Waals surface area contributed by atoms with Crippen molar-refractivity contribution in [2.24, 2.45) is 11.3 Å². The van der Waals surface area contributed by atoms with Crippen molar-refractivity contribution < 1.29 is 14.3 Å². The summed E-state index contributed by atoms with van der Waals surface area (Å²) in [6.07, 6.45) is 2.85. The Morgan fingerprint density at radius 2 is 1.89 bits per heavy atom. The zero-order valence-electron chi connectivity index (χ0n) is 17.1. The minimum absolute atomic E-state index is 0.0921. The van der Waals surface area contributed by atoms with Crippen LogP contribution in [0.1, 0.15) is 54.9 Å². The number of methoxy groups -OCH3 is 1. The van der Waals surface area contributed by atoms with E-state index in [-0.39, 0.29) is 11.8 Å². The predicted octanol–water partition coefficient (Wildman–Crippen LogP) is 5.12. The average molecular weight is 401 g/mol. The Bertz CT molecular complexity index is 896. The van der Waals surface area contributed by atoms with Crippen molar-refractivity contribution in [1.29, 1.82) is 0 Å². The lowest BCUT2D eigenvalue weighted by atomic mass is 9.88. The summed E-state index contributed by atoms with van der Waals surface area (Å²) in [5, 5.41) is 6.62. The van der Waals surface area contributed by atoms with Crippen LogP contribution in [0.5, 0.6) is 5.75 Å². The number of thiophene rings is 1. The van der Waals surface area contributed by atoms with Crippen LogP contribution in [-0.2, 0) is 17.6 Å². The van der Waals surface area contributed by atoms with Gasteiger partial charge in [0.15, 0.2) is 0 Å². The number of hydrogen-bond acceptors (Lipinski definition) is 4. The third-order valence-electron chi connectivity index (χ3n) is 5.00. The van der Waals surface area contributed by atoms with Gasteiger partial charge in [-0.3, -0.25) is 9.59 Å². The molecule has 0 saturated heterocycles. The Kier molecular flexibility index (Phi) is 5.79. The summed E-state index contributed by atoms with van der Waals surface area (Å²) >= 11 is 1.53. The first-order chi connectivity index (χ1) is 13.2. The lowest BCUT2D eigenvalue weighted by molar-refractivity contribution is -0.123. The van der Waals surface area contributed by atoms with E-state index in [2.05, 4.69) is 17.6 Å². The minimum Gasteiger partial charge on any atom is -0.495 e. The van der Waals surface area contributed by atoms with Crippen LogP contribution < -0.4 is 15.4 Å². The highest BCUT2D eigenvalue weighted by molar-refractivity contribution is 7.17. The highest BCUT2D eigenvalue weighted by atomic mass is 32.1. The van der Waals surface area contributed by atoms with Gasteiger partial charge >= 0.3 is 0 Å². The predicted molar refractivity (Wildman–Crippen MR) is 115 cm³/mol. The van der Waals surface area contributed by atoms with E-state index in [0.29, 0.717) is 27.9 Å². The van der Waals surface area contributed by atoms with Crippen LogP contribution in [0.25, 0.3) is 0 Å². The zero-order valence-corrected chi connectivity index (χ0v) is 18.0. The largest absolute Gasteiger partial charge is 0.495 e. The number of ether oxygens (including phenoxy) is 1. The third kappa shape index (κ3) is 4.22. The number of carbonyl (C=O) groups is 2. The van der Waals surface area contributed by atoms with E-state index in [0.717, 1.165) is 24.8 Å².